The second kappa shape index (κ2) is 21.5. The number of anilines is 1. The second-order valence-corrected chi connectivity index (χ2v) is 22.2. The van der Waals surface area contributed by atoms with Crippen LogP contribution in [0.2, 0.25) is 0 Å². The third-order valence-electron chi connectivity index (χ3n) is 15.7. The zero-order chi connectivity index (χ0) is 52.5. The van der Waals surface area contributed by atoms with E-state index in [-0.39, 0.29) is 49.5 Å². The van der Waals surface area contributed by atoms with Gasteiger partial charge in [-0.15, -0.1) is 11.8 Å². The minimum atomic E-state index is -2.38. The van der Waals surface area contributed by atoms with Crippen LogP contribution in [0, 0.1) is 22.7 Å². The first-order valence-corrected chi connectivity index (χ1v) is 25.7. The number of allylic oxidation sites excluding steroid dienone is 4. The molecule has 2 aromatic rings. The van der Waals surface area contributed by atoms with Crippen molar-refractivity contribution < 1.29 is 67.1 Å². The number of hydrogen-bond acceptors (Lipinski definition) is 11. The highest BCUT2D eigenvalue weighted by atomic mass is 32.2. The van der Waals surface area contributed by atoms with Gasteiger partial charge in [0, 0.05) is 46.2 Å². The van der Waals surface area contributed by atoms with E-state index in [0.29, 0.717) is 17.7 Å². The van der Waals surface area contributed by atoms with Gasteiger partial charge < -0.3 is 46.1 Å². The number of rotatable bonds is 20. The highest BCUT2D eigenvalue weighted by Gasteiger charge is 2.80. The summed E-state index contributed by atoms with van der Waals surface area (Å²) >= 11 is 1.29. The number of aliphatic hydroxyl groups is 1. The van der Waals surface area contributed by atoms with Gasteiger partial charge in [0.25, 0.3) is 0 Å². The Balaban J connectivity index is 0.901. The van der Waals surface area contributed by atoms with Gasteiger partial charge in [-0.05, 0) is 99.8 Å². The number of benzene rings is 2. The minimum absolute atomic E-state index is 0.0176. The Morgan fingerprint density at radius 3 is 2.31 bits per heavy atom. The number of fused-ring (bicyclic) bond motifs is 7. The van der Waals surface area contributed by atoms with Gasteiger partial charge in [0.1, 0.15) is 24.4 Å². The average Bonchev–Trinajstić information content (AvgIpc) is 3.83. The zero-order valence-corrected chi connectivity index (χ0v) is 42.2. The van der Waals surface area contributed by atoms with Gasteiger partial charge >= 0.3 is 11.9 Å². The fraction of sp³-hybridized carbons (Fsp3) is 0.566. The molecule has 1 heterocycles. The molecule has 4 aliphatic carbocycles. The number of hydrogen-bond donors (Lipinski definition) is 7. The molecule has 0 radical (unpaired) electrons. The minimum Gasteiger partial charge on any atom is -0.481 e. The van der Waals surface area contributed by atoms with Gasteiger partial charge in [0.15, 0.2) is 23.3 Å². The summed E-state index contributed by atoms with van der Waals surface area (Å²) in [5.41, 5.74) is -4.65. The summed E-state index contributed by atoms with van der Waals surface area (Å²) in [6.07, 6.45) is 0.293. The van der Waals surface area contributed by atoms with E-state index in [1.54, 1.807) is 37.3 Å². The molecule has 390 valence electrons. The van der Waals surface area contributed by atoms with Crippen molar-refractivity contribution in [2.45, 2.75) is 158 Å². The van der Waals surface area contributed by atoms with Gasteiger partial charge in [0.2, 0.25) is 23.6 Å². The standard InChI is InChI=1S/C53H66F2N4O12S/c1-7-8-10-28(2)72-40(26-44(63)64)47(67)56-20-18-43(62)57-29(3)45(65)58-30(4)46(66)59-34-12-9-11-32(22-34)21-31-13-15-33(16-14-31)48-70-42-25-36-37-24-39(54)38-23-35(60)17-19-50(38,5)52(37,55)41(61)27-51(36,6)53(42,71-48)49(68)69/h9,11-17,19,22-23,28-30,36-37,39-42,48,61H,7-8,10,18,20-21,24-27H2,1-6H3,(H,56,67)(H,57,62)(H,58,65)(H,59,66)(H,63,64)(H,68,69)/t28?,29-,30-,36?,37-,39-,40?,41-,42+,48+,50-,51-,52-,53-/m0/s1. The van der Waals surface area contributed by atoms with E-state index in [9.17, 15) is 48.9 Å². The Hall–Kier alpha value is -5.50. The predicted octanol–water partition coefficient (Wildman–Crippen LogP) is 6.05. The van der Waals surface area contributed by atoms with Gasteiger partial charge in [-0.25, -0.2) is 13.6 Å². The highest BCUT2D eigenvalue weighted by Crippen LogP contribution is 2.72. The summed E-state index contributed by atoms with van der Waals surface area (Å²) in [7, 11) is 0. The molecule has 0 aromatic heterocycles. The lowest BCUT2D eigenvalue weighted by molar-refractivity contribution is -0.240. The lowest BCUT2D eigenvalue weighted by atomic mass is 9.44. The van der Waals surface area contributed by atoms with E-state index in [0.717, 1.165) is 36.5 Å². The SMILES string of the molecule is CCCCC(C)SC(CC(=O)O)C(=O)NCCC(=O)N[C@@H](C)C(=O)N[C@@H](C)C(=O)Nc1cccc(Cc2ccc([C@@H]3O[C@@H]4CC5[C@@H]6C[C@H](F)C7=CC(=O)C=C[C@]7(C)[C@@]6(F)[C@@H](O)C[C@]5(C)[C@]4(C(=O)O)O3)cc2)c1. The molecule has 14 atom stereocenters. The quantitative estimate of drug-likeness (QED) is 0.0799. The third kappa shape index (κ3) is 10.4. The maximum absolute atomic E-state index is 17.7. The summed E-state index contributed by atoms with van der Waals surface area (Å²) in [6, 6.07) is 12.3. The largest absolute Gasteiger partial charge is 0.481 e. The van der Waals surface area contributed by atoms with Crippen LogP contribution in [-0.2, 0) is 49.5 Å². The first kappa shape index (κ1) is 54.3. The topological polar surface area (TPSA) is 247 Å². The number of aliphatic hydroxyl groups excluding tert-OH is 1. The zero-order valence-electron chi connectivity index (χ0n) is 41.4. The first-order chi connectivity index (χ1) is 34.0. The Bertz CT molecular complexity index is 2510. The van der Waals surface area contributed by atoms with Crippen LogP contribution in [-0.4, -0.2) is 115 Å². The molecule has 1 aliphatic heterocycles. The molecule has 4 fully saturated rings. The molecule has 3 saturated carbocycles. The number of thioether (sulfide) groups is 1. The number of carbonyl (C=O) groups is 7. The molecule has 4 amide bonds. The molecule has 3 unspecified atom stereocenters. The van der Waals surface area contributed by atoms with Crippen LogP contribution >= 0.6 is 11.8 Å². The first-order valence-electron chi connectivity index (χ1n) is 24.7. The smallest absolute Gasteiger partial charge is 0.339 e. The number of unbranched alkanes of at least 4 members (excludes halogenated alkanes) is 1. The molecular formula is C53H66F2N4O12S. The maximum atomic E-state index is 17.7. The Labute approximate surface area is 421 Å². The molecule has 16 nitrogen and oxygen atoms in total. The number of aliphatic carboxylic acids is 2. The number of carbonyl (C=O) groups excluding carboxylic acids is 5. The molecule has 1 saturated heterocycles. The monoisotopic (exact) mass is 1020 g/mol. The van der Waals surface area contributed by atoms with Crippen molar-refractivity contribution in [3.8, 4) is 0 Å². The van der Waals surface area contributed by atoms with Gasteiger partial charge in [-0.2, -0.15) is 0 Å². The van der Waals surface area contributed by atoms with E-state index >= 15 is 8.78 Å². The molecule has 72 heavy (non-hydrogen) atoms. The molecule has 2 aromatic carbocycles. The van der Waals surface area contributed by atoms with Crippen molar-refractivity contribution >= 4 is 58.8 Å². The van der Waals surface area contributed by atoms with Crippen LogP contribution in [0.15, 0.2) is 72.3 Å². The molecule has 0 bridgehead atoms. The van der Waals surface area contributed by atoms with Crippen molar-refractivity contribution in [2.24, 2.45) is 22.7 Å². The van der Waals surface area contributed by atoms with Crippen LogP contribution in [0.4, 0.5) is 14.5 Å². The fourth-order valence-electron chi connectivity index (χ4n) is 11.9. The number of ether oxygens (including phenoxy) is 2. The number of halogens is 2. The molecule has 0 spiro atoms. The summed E-state index contributed by atoms with van der Waals surface area (Å²) in [5.74, 6) is -6.82. The van der Waals surface area contributed by atoms with Crippen molar-refractivity contribution in [1.82, 2.24) is 16.0 Å². The second-order valence-electron chi connectivity index (χ2n) is 20.6. The van der Waals surface area contributed by atoms with E-state index in [1.165, 1.54) is 44.7 Å². The number of carboxylic acids is 2. The van der Waals surface area contributed by atoms with Crippen LogP contribution in [0.25, 0.3) is 0 Å². The van der Waals surface area contributed by atoms with Crippen LogP contribution < -0.4 is 21.3 Å². The summed E-state index contributed by atoms with van der Waals surface area (Å²) < 4.78 is 46.4. The van der Waals surface area contributed by atoms with Gasteiger partial charge in [0.05, 0.1) is 17.8 Å². The number of amides is 4. The third-order valence-corrected chi connectivity index (χ3v) is 17.1. The van der Waals surface area contributed by atoms with Crippen LogP contribution in [0.3, 0.4) is 0 Å². The number of alkyl halides is 2. The molecular weight excluding hydrogens is 955 g/mol. The Morgan fingerprint density at radius 1 is 0.917 bits per heavy atom. The van der Waals surface area contributed by atoms with Crippen molar-refractivity contribution in [1.29, 1.82) is 0 Å². The predicted molar refractivity (Wildman–Crippen MR) is 263 cm³/mol. The normalized spacial score (nSPS) is 31.8. The van der Waals surface area contributed by atoms with Gasteiger partial charge in [-0.1, -0.05) is 76.1 Å². The number of nitrogens with one attached hydrogen (secondary N) is 4. The molecule has 7 rings (SSSR count). The van der Waals surface area contributed by atoms with E-state index < -0.39 is 117 Å². The maximum Gasteiger partial charge on any atom is 0.339 e. The van der Waals surface area contributed by atoms with Crippen LogP contribution in [0.1, 0.15) is 116 Å². The number of ketones is 1. The lowest BCUT2D eigenvalue weighted by Crippen LogP contribution is -2.70. The van der Waals surface area contributed by atoms with Crippen molar-refractivity contribution in [2.75, 3.05) is 11.9 Å². The fourth-order valence-corrected chi connectivity index (χ4v) is 13.2. The Kier molecular flexibility index (Phi) is 16.2. The van der Waals surface area contributed by atoms with E-state index in [2.05, 4.69) is 28.2 Å². The summed E-state index contributed by atoms with van der Waals surface area (Å²) in [4.78, 5) is 88.5. The van der Waals surface area contributed by atoms with Gasteiger partial charge in [-0.3, -0.25) is 28.8 Å². The summed E-state index contributed by atoms with van der Waals surface area (Å²) in [5, 5.41) is 41.8. The molecule has 5 aliphatic rings. The Morgan fingerprint density at radius 2 is 1.62 bits per heavy atom. The average molecular weight is 1020 g/mol. The van der Waals surface area contributed by atoms with E-state index in [1.807, 2.05) is 25.1 Å². The highest BCUT2D eigenvalue weighted by molar-refractivity contribution is 8.01. The van der Waals surface area contributed by atoms with E-state index in [4.69, 9.17) is 9.47 Å². The number of carboxylic acid groups (broad SMARTS) is 2. The van der Waals surface area contributed by atoms with Crippen LogP contribution in [0.5, 0.6) is 0 Å². The molecule has 7 N–H and O–H groups in total. The van der Waals surface area contributed by atoms with Crippen molar-refractivity contribution in [3.05, 3.63) is 89.0 Å². The molecule has 19 heteroatoms. The van der Waals surface area contributed by atoms with Crippen molar-refractivity contribution in [3.63, 3.8) is 0 Å². The lowest BCUT2D eigenvalue weighted by Gasteiger charge is -2.62. The summed E-state index contributed by atoms with van der Waals surface area (Å²) in [6.45, 7) is 10.0.